The third-order valence-electron chi connectivity index (χ3n) is 7.04. The van der Waals surface area contributed by atoms with Gasteiger partial charge in [0.05, 0.1) is 25.6 Å². The maximum absolute atomic E-state index is 13.3. The van der Waals surface area contributed by atoms with Crippen LogP contribution >= 0.6 is 25.3 Å². The summed E-state index contributed by atoms with van der Waals surface area (Å²) < 4.78 is 0. The zero-order valence-electron chi connectivity index (χ0n) is 26.3. The number of hydrogen-bond acceptors (Lipinski definition) is 13. The number of carboxylic acids is 2. The number of thiol groups is 2. The number of carbonyl (C=O) groups excluding carboxylic acids is 6. The minimum absolute atomic E-state index is 0.00499. The molecular weight excluding hydrogens is 692 g/mol. The fraction of sp³-hybridized carbons (Fsp3) is 0.654. The molecule has 1 aliphatic rings. The number of hydrogen-bond donors (Lipinski definition) is 14. The van der Waals surface area contributed by atoms with Gasteiger partial charge in [0.15, 0.2) is 5.96 Å². The highest BCUT2D eigenvalue weighted by Gasteiger charge is 2.39. The van der Waals surface area contributed by atoms with Crippen molar-refractivity contribution in [3.8, 4) is 0 Å². The van der Waals surface area contributed by atoms with Crippen molar-refractivity contribution in [2.75, 3.05) is 37.7 Å². The van der Waals surface area contributed by atoms with E-state index < -0.39 is 103 Å². The Morgan fingerprint density at radius 3 is 2.04 bits per heavy atom. The number of amides is 6. The number of guanidine groups is 1. The van der Waals surface area contributed by atoms with Crippen LogP contribution in [0, 0.1) is 5.41 Å². The Kier molecular flexibility index (Phi) is 18.8. The van der Waals surface area contributed by atoms with Crippen molar-refractivity contribution < 1.29 is 53.7 Å². The molecule has 0 aromatic rings. The van der Waals surface area contributed by atoms with Gasteiger partial charge in [-0.1, -0.05) is 0 Å². The highest BCUT2D eigenvalue weighted by atomic mass is 32.1. The second-order valence-electron chi connectivity index (χ2n) is 10.8. The first kappa shape index (κ1) is 42.7. The summed E-state index contributed by atoms with van der Waals surface area (Å²) in [5.41, 5.74) is 10.8. The number of likely N-dealkylation sites (tertiary alicyclic amines) is 1. The van der Waals surface area contributed by atoms with E-state index in [0.717, 1.165) is 4.90 Å². The van der Waals surface area contributed by atoms with Crippen LogP contribution in [0.25, 0.3) is 0 Å². The van der Waals surface area contributed by atoms with Crippen LogP contribution in [0.4, 0.5) is 0 Å². The molecule has 6 atom stereocenters. The van der Waals surface area contributed by atoms with Gasteiger partial charge in [0, 0.05) is 24.6 Å². The maximum Gasteiger partial charge on any atom is 0.327 e. The standard InChI is InChI=1S/C26H44N10O11S2/c27-12(10-48)20(41)31-8-18(38)32-13(3-1-5-30-26(28)29)21(42)33-14(7-19(39)40)22(43)34-15(9-37)24(45)36-6-2-4-17(36)23(44)35-16(11-49)25(46)47/h12-17,37,48-49H,1-11,27H2,(H,31,41)(H,32,38)(H,33,42)(H,34,43)(H,35,44)(H,39,40)(H,46,47)(H4,28,29,30)/t12-,13+,14+,15+,16+,17+/m1/s1. The van der Waals surface area contributed by atoms with Crippen molar-refractivity contribution in [2.45, 2.75) is 68.4 Å². The molecule has 276 valence electrons. The molecule has 1 fully saturated rings. The van der Waals surface area contributed by atoms with Crippen molar-refractivity contribution in [3.63, 3.8) is 0 Å². The molecular formula is C26H44N10O11S2. The van der Waals surface area contributed by atoms with Gasteiger partial charge in [-0.2, -0.15) is 25.3 Å². The minimum atomic E-state index is -1.82. The third kappa shape index (κ3) is 14.7. The second-order valence-corrected chi connectivity index (χ2v) is 11.5. The fourth-order valence-electron chi connectivity index (χ4n) is 4.50. The van der Waals surface area contributed by atoms with Gasteiger partial charge < -0.3 is 63.6 Å². The lowest BCUT2D eigenvalue weighted by molar-refractivity contribution is -0.145. The van der Waals surface area contributed by atoms with Gasteiger partial charge in [0.25, 0.3) is 0 Å². The number of aliphatic hydroxyl groups is 1. The predicted molar refractivity (Wildman–Crippen MR) is 177 cm³/mol. The molecule has 14 N–H and O–H groups in total. The average molecular weight is 737 g/mol. The molecule has 1 saturated heterocycles. The predicted octanol–water partition coefficient (Wildman–Crippen LogP) is -5.97. The Morgan fingerprint density at radius 2 is 1.49 bits per heavy atom. The normalized spacial score (nSPS) is 16.9. The van der Waals surface area contributed by atoms with E-state index in [1.165, 1.54) is 0 Å². The molecule has 0 unspecified atom stereocenters. The largest absolute Gasteiger partial charge is 0.481 e. The van der Waals surface area contributed by atoms with Crippen LogP contribution < -0.4 is 43.4 Å². The summed E-state index contributed by atoms with van der Waals surface area (Å²) in [4.78, 5) is 101. The highest BCUT2D eigenvalue weighted by molar-refractivity contribution is 7.80. The Hall–Kier alpha value is -4.35. The number of rotatable bonds is 21. The first-order valence-electron chi connectivity index (χ1n) is 14.9. The monoisotopic (exact) mass is 736 g/mol. The molecule has 49 heavy (non-hydrogen) atoms. The summed E-state index contributed by atoms with van der Waals surface area (Å²) in [6.45, 7) is -1.45. The number of nitrogens with zero attached hydrogens (tertiary/aromatic N) is 1. The van der Waals surface area contributed by atoms with Gasteiger partial charge >= 0.3 is 11.9 Å². The van der Waals surface area contributed by atoms with E-state index in [9.17, 15) is 53.7 Å². The van der Waals surface area contributed by atoms with E-state index >= 15 is 0 Å². The third-order valence-corrected chi connectivity index (χ3v) is 7.80. The lowest BCUT2D eigenvalue weighted by Crippen LogP contribution is -2.60. The van der Waals surface area contributed by atoms with Gasteiger partial charge in [-0.3, -0.25) is 39.0 Å². The molecule has 0 spiro atoms. The van der Waals surface area contributed by atoms with Crippen LogP contribution in [0.5, 0.6) is 0 Å². The number of aliphatic hydroxyl groups excluding tert-OH is 1. The topological polar surface area (TPSA) is 349 Å². The summed E-state index contributed by atoms with van der Waals surface area (Å²) >= 11 is 7.78. The smallest absolute Gasteiger partial charge is 0.327 e. The van der Waals surface area contributed by atoms with E-state index in [1.54, 1.807) is 0 Å². The molecule has 23 heteroatoms. The van der Waals surface area contributed by atoms with Crippen molar-refractivity contribution >= 4 is 78.6 Å². The molecule has 0 aliphatic carbocycles. The van der Waals surface area contributed by atoms with Crippen molar-refractivity contribution in [1.82, 2.24) is 36.8 Å². The first-order chi connectivity index (χ1) is 23.1. The quantitative estimate of drug-likeness (QED) is 0.0226. The van der Waals surface area contributed by atoms with E-state index in [1.807, 2.05) is 0 Å². The summed E-state index contributed by atoms with van der Waals surface area (Å²) in [6.07, 6.45) is -0.440. The number of carbonyl (C=O) groups is 8. The van der Waals surface area contributed by atoms with Crippen LogP contribution in [0.15, 0.2) is 0 Å². The molecule has 1 aliphatic heterocycles. The Bertz CT molecular complexity index is 1240. The van der Waals surface area contributed by atoms with Gasteiger partial charge in [0.2, 0.25) is 35.4 Å². The zero-order valence-corrected chi connectivity index (χ0v) is 28.1. The molecule has 0 aromatic heterocycles. The first-order valence-corrected chi connectivity index (χ1v) is 16.2. The molecule has 0 aromatic carbocycles. The fourth-order valence-corrected chi connectivity index (χ4v) is 4.91. The lowest BCUT2D eigenvalue weighted by Gasteiger charge is -2.29. The van der Waals surface area contributed by atoms with Crippen LogP contribution in [0.1, 0.15) is 32.1 Å². The molecule has 1 heterocycles. The van der Waals surface area contributed by atoms with Crippen LogP contribution in [-0.4, -0.2) is 148 Å². The van der Waals surface area contributed by atoms with Crippen molar-refractivity contribution in [3.05, 3.63) is 0 Å². The van der Waals surface area contributed by atoms with E-state index in [4.69, 9.17) is 16.9 Å². The minimum Gasteiger partial charge on any atom is -0.481 e. The Morgan fingerprint density at radius 1 is 0.857 bits per heavy atom. The lowest BCUT2D eigenvalue weighted by atomic mass is 10.1. The van der Waals surface area contributed by atoms with Gasteiger partial charge in [0.1, 0.15) is 30.2 Å². The van der Waals surface area contributed by atoms with E-state index in [2.05, 4.69) is 57.2 Å². The summed E-state index contributed by atoms with van der Waals surface area (Å²) in [7, 11) is 0. The Labute approximate surface area is 291 Å². The van der Waals surface area contributed by atoms with E-state index in [0.29, 0.717) is 6.42 Å². The summed E-state index contributed by atoms with van der Waals surface area (Å²) in [5.74, 6) is -8.92. The highest BCUT2D eigenvalue weighted by Crippen LogP contribution is 2.19. The van der Waals surface area contributed by atoms with Crippen LogP contribution in [-0.2, 0) is 38.4 Å². The molecule has 6 amide bonds. The Balaban J connectivity index is 3.08. The van der Waals surface area contributed by atoms with Crippen molar-refractivity contribution in [1.29, 1.82) is 5.41 Å². The SMILES string of the molecule is N=C(N)NCCC[C@H](NC(=O)CNC(=O)[C@H](N)CS)C(=O)N[C@@H](CC(=O)O)C(=O)N[C@@H](CO)C(=O)N1CCC[C@H]1C(=O)N[C@@H](CS)C(=O)O. The molecule has 0 bridgehead atoms. The number of carboxylic acid groups (broad SMARTS) is 2. The maximum atomic E-state index is 13.3. The van der Waals surface area contributed by atoms with Crippen LogP contribution in [0.3, 0.4) is 0 Å². The van der Waals surface area contributed by atoms with E-state index in [-0.39, 0.29) is 49.8 Å². The molecule has 0 saturated carbocycles. The molecule has 0 radical (unpaired) electrons. The average Bonchev–Trinajstić information content (AvgIpc) is 3.54. The number of nitrogens with two attached hydrogens (primary N) is 2. The second kappa shape index (κ2) is 21.6. The zero-order chi connectivity index (χ0) is 37.3. The number of aliphatic carboxylic acids is 2. The van der Waals surface area contributed by atoms with Gasteiger partial charge in [-0.15, -0.1) is 0 Å². The van der Waals surface area contributed by atoms with Gasteiger partial charge in [-0.05, 0) is 25.7 Å². The molecule has 1 rings (SSSR count). The summed E-state index contributed by atoms with van der Waals surface area (Å²) in [5, 5.41) is 49.6. The van der Waals surface area contributed by atoms with Gasteiger partial charge in [-0.25, -0.2) is 4.79 Å². The summed E-state index contributed by atoms with van der Waals surface area (Å²) in [6, 6.07) is -8.36. The van der Waals surface area contributed by atoms with Crippen molar-refractivity contribution in [2.24, 2.45) is 11.5 Å². The molecule has 21 nitrogen and oxygen atoms in total. The van der Waals surface area contributed by atoms with Crippen LogP contribution in [0.2, 0.25) is 0 Å². The number of nitrogens with one attached hydrogen (secondary N) is 7.